The van der Waals surface area contributed by atoms with E-state index in [9.17, 15) is 9.59 Å². The first-order chi connectivity index (χ1) is 12.1. The maximum atomic E-state index is 12.8. The van der Waals surface area contributed by atoms with Gasteiger partial charge in [0.05, 0.1) is 24.6 Å². The second-order valence-electron chi connectivity index (χ2n) is 6.57. The van der Waals surface area contributed by atoms with Gasteiger partial charge in [0.2, 0.25) is 5.91 Å². The summed E-state index contributed by atoms with van der Waals surface area (Å²) in [5.74, 6) is -0.397. The van der Waals surface area contributed by atoms with Gasteiger partial charge in [-0.3, -0.25) is 14.5 Å². The third-order valence-electron chi connectivity index (χ3n) is 4.99. The van der Waals surface area contributed by atoms with Crippen molar-refractivity contribution in [2.45, 2.75) is 25.4 Å². The number of fused-ring (bicyclic) bond motifs is 1. The molecule has 25 heavy (non-hydrogen) atoms. The summed E-state index contributed by atoms with van der Waals surface area (Å²) in [5.41, 5.74) is 6.34. The summed E-state index contributed by atoms with van der Waals surface area (Å²) in [6.45, 7) is 2.53. The fourth-order valence-electron chi connectivity index (χ4n) is 3.69. The van der Waals surface area contributed by atoms with Crippen molar-refractivity contribution in [2.75, 3.05) is 13.1 Å². The largest absolute Gasteiger partial charge is 0.468 e. The maximum absolute atomic E-state index is 12.8. The molecule has 2 aliphatic heterocycles. The zero-order valence-corrected chi connectivity index (χ0v) is 13.8. The Morgan fingerprint density at radius 3 is 2.84 bits per heavy atom. The van der Waals surface area contributed by atoms with Gasteiger partial charge in [-0.25, -0.2) is 5.01 Å². The van der Waals surface area contributed by atoms with Crippen LogP contribution in [0.15, 0.2) is 51.7 Å². The third-order valence-corrected chi connectivity index (χ3v) is 4.99. The van der Waals surface area contributed by atoms with Crippen molar-refractivity contribution in [1.82, 2.24) is 9.91 Å². The number of carbonyl (C=O) groups excluding carboxylic acids is 2. The predicted octanol–water partition coefficient (Wildman–Crippen LogP) is 1.04. The smallest absolute Gasteiger partial charge is 0.256 e. The standard InChI is InChI=1S/C18H20N4O3/c19-17(23)14-4-1-5-15-16(14)18(24)22(20-15)12-6-8-21(9-7-12)11-13-3-2-10-25-13/h1-5,10,12,16H,6-9,11H2,(H2,19,23). The molecular formula is C18H20N4O3. The highest BCUT2D eigenvalue weighted by Crippen LogP contribution is 2.31. The lowest BCUT2D eigenvalue weighted by molar-refractivity contribution is -0.135. The Morgan fingerprint density at radius 2 is 2.16 bits per heavy atom. The molecule has 1 aromatic rings. The molecule has 7 heteroatoms. The zero-order valence-electron chi connectivity index (χ0n) is 13.8. The molecule has 1 fully saturated rings. The van der Waals surface area contributed by atoms with Crippen LogP contribution in [0.1, 0.15) is 18.6 Å². The summed E-state index contributed by atoms with van der Waals surface area (Å²) in [5, 5.41) is 6.04. The maximum Gasteiger partial charge on any atom is 0.256 e. The molecule has 3 heterocycles. The predicted molar refractivity (Wildman–Crippen MR) is 91.2 cm³/mol. The van der Waals surface area contributed by atoms with Crippen molar-refractivity contribution >= 4 is 17.5 Å². The highest BCUT2D eigenvalue weighted by Gasteiger charge is 2.43. The molecule has 1 saturated heterocycles. The second kappa shape index (κ2) is 6.33. The SMILES string of the molecule is NC(=O)C1=CC=CC2=NN(C3CCN(Cc4ccco4)CC3)C(=O)C12. The van der Waals surface area contributed by atoms with Crippen LogP contribution in [0.2, 0.25) is 0 Å². The van der Waals surface area contributed by atoms with Crippen LogP contribution in [0.25, 0.3) is 0 Å². The summed E-state index contributed by atoms with van der Waals surface area (Å²) < 4.78 is 5.39. The molecule has 0 saturated carbocycles. The fraction of sp³-hybridized carbons (Fsp3) is 0.389. The quantitative estimate of drug-likeness (QED) is 0.886. The van der Waals surface area contributed by atoms with Gasteiger partial charge in [-0.15, -0.1) is 0 Å². The van der Waals surface area contributed by atoms with E-state index in [-0.39, 0.29) is 11.9 Å². The van der Waals surface area contributed by atoms with Gasteiger partial charge in [-0.1, -0.05) is 12.2 Å². The molecule has 0 aromatic carbocycles. The molecule has 2 N–H and O–H groups in total. The van der Waals surface area contributed by atoms with Gasteiger partial charge < -0.3 is 10.2 Å². The van der Waals surface area contributed by atoms with E-state index < -0.39 is 11.8 Å². The summed E-state index contributed by atoms with van der Waals surface area (Å²) in [6.07, 6.45) is 8.48. The number of primary amides is 1. The normalized spacial score (nSPS) is 24.2. The summed E-state index contributed by atoms with van der Waals surface area (Å²) >= 11 is 0. The van der Waals surface area contributed by atoms with Crippen LogP contribution in [0, 0.1) is 5.92 Å². The number of rotatable bonds is 4. The Hall–Kier alpha value is -2.67. The van der Waals surface area contributed by atoms with Crippen LogP contribution < -0.4 is 5.73 Å². The van der Waals surface area contributed by atoms with Gasteiger partial charge in [-0.2, -0.15) is 5.10 Å². The van der Waals surface area contributed by atoms with Crippen molar-refractivity contribution in [1.29, 1.82) is 0 Å². The van der Waals surface area contributed by atoms with Gasteiger partial charge >= 0.3 is 0 Å². The molecule has 7 nitrogen and oxygen atoms in total. The summed E-state index contributed by atoms with van der Waals surface area (Å²) in [4.78, 5) is 26.7. The van der Waals surface area contributed by atoms with Crippen molar-refractivity contribution in [3.8, 4) is 0 Å². The van der Waals surface area contributed by atoms with Gasteiger partial charge in [0.25, 0.3) is 5.91 Å². The van der Waals surface area contributed by atoms with E-state index in [2.05, 4.69) is 10.0 Å². The van der Waals surface area contributed by atoms with Gasteiger partial charge in [0.15, 0.2) is 0 Å². The Kier molecular flexibility index (Phi) is 4.01. The number of furan rings is 1. The van der Waals surface area contributed by atoms with E-state index in [0.29, 0.717) is 11.3 Å². The Labute approximate surface area is 145 Å². The van der Waals surface area contributed by atoms with Crippen LogP contribution in [0.5, 0.6) is 0 Å². The Morgan fingerprint density at radius 1 is 1.36 bits per heavy atom. The number of nitrogens with zero attached hydrogens (tertiary/aromatic N) is 3. The van der Waals surface area contributed by atoms with E-state index in [1.165, 1.54) is 0 Å². The van der Waals surface area contributed by atoms with E-state index in [1.54, 1.807) is 29.5 Å². The Bertz CT molecular complexity index is 770. The molecule has 0 bridgehead atoms. The van der Waals surface area contributed by atoms with Crippen LogP contribution in [-0.4, -0.2) is 46.6 Å². The fourth-order valence-corrected chi connectivity index (χ4v) is 3.69. The monoisotopic (exact) mass is 340 g/mol. The Balaban J connectivity index is 1.42. The number of hydrogen-bond acceptors (Lipinski definition) is 5. The topological polar surface area (TPSA) is 92.1 Å². The summed E-state index contributed by atoms with van der Waals surface area (Å²) in [6, 6.07) is 3.91. The molecule has 3 aliphatic rings. The number of nitrogens with two attached hydrogens (primary N) is 1. The van der Waals surface area contributed by atoms with E-state index in [4.69, 9.17) is 10.2 Å². The minimum Gasteiger partial charge on any atom is -0.468 e. The molecule has 130 valence electrons. The van der Waals surface area contributed by atoms with Gasteiger partial charge in [0, 0.05) is 18.7 Å². The molecule has 1 unspecified atom stereocenters. The van der Waals surface area contributed by atoms with E-state index in [1.807, 2.05) is 12.1 Å². The third kappa shape index (κ3) is 2.91. The first-order valence-electron chi connectivity index (χ1n) is 8.48. The van der Waals surface area contributed by atoms with Crippen molar-refractivity contribution in [3.05, 3.63) is 48.0 Å². The molecule has 1 aromatic heterocycles. The van der Waals surface area contributed by atoms with E-state index >= 15 is 0 Å². The lowest BCUT2D eigenvalue weighted by atomic mass is 9.89. The summed E-state index contributed by atoms with van der Waals surface area (Å²) in [7, 11) is 0. The average Bonchev–Trinajstić information content (AvgIpc) is 3.24. The highest BCUT2D eigenvalue weighted by atomic mass is 16.3. The number of allylic oxidation sites excluding steroid dienone is 3. The molecule has 1 atom stereocenters. The van der Waals surface area contributed by atoms with Gasteiger partial charge in [-0.05, 0) is 31.1 Å². The van der Waals surface area contributed by atoms with E-state index in [0.717, 1.165) is 38.2 Å². The van der Waals surface area contributed by atoms with Gasteiger partial charge in [0.1, 0.15) is 11.7 Å². The number of carbonyl (C=O) groups is 2. The number of hydrazone groups is 1. The van der Waals surface area contributed by atoms with Crippen molar-refractivity contribution < 1.29 is 14.0 Å². The molecule has 2 amide bonds. The first kappa shape index (κ1) is 15.8. The lowest BCUT2D eigenvalue weighted by Crippen LogP contribution is -2.45. The molecular weight excluding hydrogens is 320 g/mol. The minimum atomic E-state index is -0.636. The van der Waals surface area contributed by atoms with Crippen LogP contribution in [-0.2, 0) is 16.1 Å². The number of amides is 2. The molecule has 0 spiro atoms. The second-order valence-corrected chi connectivity index (χ2v) is 6.57. The lowest BCUT2D eigenvalue weighted by Gasteiger charge is -2.34. The molecule has 4 rings (SSSR count). The average molecular weight is 340 g/mol. The van der Waals surface area contributed by atoms with Crippen molar-refractivity contribution in [2.24, 2.45) is 16.8 Å². The number of likely N-dealkylation sites (tertiary alicyclic amines) is 1. The number of hydrogen-bond donors (Lipinski definition) is 1. The van der Waals surface area contributed by atoms with Crippen LogP contribution >= 0.6 is 0 Å². The zero-order chi connectivity index (χ0) is 17.4. The van der Waals surface area contributed by atoms with Crippen molar-refractivity contribution in [3.63, 3.8) is 0 Å². The highest BCUT2D eigenvalue weighted by molar-refractivity contribution is 6.21. The van der Waals surface area contributed by atoms with Crippen LogP contribution in [0.3, 0.4) is 0 Å². The number of piperidine rings is 1. The molecule has 0 radical (unpaired) electrons. The van der Waals surface area contributed by atoms with Crippen LogP contribution in [0.4, 0.5) is 0 Å². The first-order valence-corrected chi connectivity index (χ1v) is 8.48. The minimum absolute atomic E-state index is 0.0565. The molecule has 1 aliphatic carbocycles.